The van der Waals surface area contributed by atoms with Crippen molar-refractivity contribution in [3.63, 3.8) is 0 Å². The molecule has 0 radical (unpaired) electrons. The third-order valence-corrected chi connectivity index (χ3v) is 7.62. The van der Waals surface area contributed by atoms with Crippen molar-refractivity contribution in [3.05, 3.63) is 84.1 Å². The maximum absolute atomic E-state index is 11.6. The van der Waals surface area contributed by atoms with E-state index in [0.717, 1.165) is 11.1 Å². The standard InChI is InChI=1S/C23H28O4S2/c1-28-22(29-2)23(24)13-14-26-20(17-25-15-18-9-5-3-6-10-18)21(23)27-16-19-11-7-4-8-12-19/h3-14,20-22,24H,15-17H2,1-2H3/t20-,21+,23-/m1/s1. The Morgan fingerprint density at radius 3 is 2.14 bits per heavy atom. The number of hydrogen-bond donors (Lipinski definition) is 1. The average molecular weight is 433 g/mol. The number of rotatable bonds is 10. The molecule has 2 aromatic rings. The van der Waals surface area contributed by atoms with Crippen LogP contribution in [0.15, 0.2) is 73.0 Å². The van der Waals surface area contributed by atoms with E-state index in [1.807, 2.05) is 73.2 Å². The molecule has 156 valence electrons. The van der Waals surface area contributed by atoms with Gasteiger partial charge in [0.1, 0.15) is 11.7 Å². The summed E-state index contributed by atoms with van der Waals surface area (Å²) in [5.74, 6) is 0. The molecule has 1 aliphatic heterocycles. The van der Waals surface area contributed by atoms with Crippen LogP contribution >= 0.6 is 23.5 Å². The predicted molar refractivity (Wildman–Crippen MR) is 121 cm³/mol. The largest absolute Gasteiger partial charge is 0.493 e. The predicted octanol–water partition coefficient (Wildman–Crippen LogP) is 4.48. The van der Waals surface area contributed by atoms with Crippen molar-refractivity contribution >= 4 is 23.5 Å². The Balaban J connectivity index is 1.72. The highest BCUT2D eigenvalue weighted by molar-refractivity contribution is 8.16. The van der Waals surface area contributed by atoms with Crippen LogP contribution in [0, 0.1) is 0 Å². The average Bonchev–Trinajstić information content (AvgIpc) is 2.75. The first kappa shape index (κ1) is 22.2. The number of thioether (sulfide) groups is 2. The van der Waals surface area contributed by atoms with E-state index in [4.69, 9.17) is 14.2 Å². The molecule has 1 heterocycles. The van der Waals surface area contributed by atoms with Gasteiger partial charge in [-0.05, 0) is 29.7 Å². The smallest absolute Gasteiger partial charge is 0.150 e. The highest BCUT2D eigenvalue weighted by Gasteiger charge is 2.49. The van der Waals surface area contributed by atoms with Crippen LogP contribution in [0.2, 0.25) is 0 Å². The molecule has 3 rings (SSSR count). The molecule has 0 fully saturated rings. The molecule has 0 aliphatic carbocycles. The van der Waals surface area contributed by atoms with E-state index in [1.165, 1.54) is 0 Å². The SMILES string of the molecule is CSC(SC)[C@@]1(O)C=CO[C@H](COCc2ccccc2)[C@@H]1OCc1ccccc1. The molecule has 0 saturated carbocycles. The molecule has 0 aromatic heterocycles. The Bertz CT molecular complexity index is 752. The summed E-state index contributed by atoms with van der Waals surface area (Å²) in [5, 5.41) is 11.6. The highest BCUT2D eigenvalue weighted by Crippen LogP contribution is 2.39. The molecule has 1 N–H and O–H groups in total. The molecule has 29 heavy (non-hydrogen) atoms. The summed E-state index contributed by atoms with van der Waals surface area (Å²) < 4.78 is 17.9. The van der Waals surface area contributed by atoms with Gasteiger partial charge in [-0.2, -0.15) is 0 Å². The summed E-state index contributed by atoms with van der Waals surface area (Å²) in [4.78, 5) is 0. The van der Waals surface area contributed by atoms with E-state index in [-0.39, 0.29) is 4.58 Å². The monoisotopic (exact) mass is 432 g/mol. The molecular weight excluding hydrogens is 404 g/mol. The quantitative estimate of drug-likeness (QED) is 0.559. The van der Waals surface area contributed by atoms with E-state index in [2.05, 4.69) is 0 Å². The zero-order valence-corrected chi connectivity index (χ0v) is 18.4. The zero-order valence-electron chi connectivity index (χ0n) is 16.8. The number of ether oxygens (including phenoxy) is 3. The van der Waals surface area contributed by atoms with Crippen LogP contribution in [-0.4, -0.2) is 46.6 Å². The molecule has 3 atom stereocenters. The van der Waals surface area contributed by atoms with Gasteiger partial charge < -0.3 is 19.3 Å². The van der Waals surface area contributed by atoms with Gasteiger partial charge in [0.05, 0.1) is 30.7 Å². The first-order valence-corrected chi connectivity index (χ1v) is 12.1. The van der Waals surface area contributed by atoms with Crippen molar-refractivity contribution in [1.82, 2.24) is 0 Å². The molecule has 0 amide bonds. The Kier molecular flexibility index (Phi) is 8.51. The molecule has 6 heteroatoms. The lowest BCUT2D eigenvalue weighted by Gasteiger charge is -2.43. The van der Waals surface area contributed by atoms with E-state index in [1.54, 1.807) is 35.9 Å². The van der Waals surface area contributed by atoms with Gasteiger partial charge in [0.15, 0.2) is 6.10 Å². The molecule has 0 bridgehead atoms. The van der Waals surface area contributed by atoms with E-state index in [0.29, 0.717) is 19.8 Å². The van der Waals surface area contributed by atoms with Crippen LogP contribution in [0.4, 0.5) is 0 Å². The summed E-state index contributed by atoms with van der Waals surface area (Å²) in [6, 6.07) is 20.0. The summed E-state index contributed by atoms with van der Waals surface area (Å²) in [6.45, 7) is 1.22. The first-order chi connectivity index (χ1) is 14.2. The van der Waals surface area contributed by atoms with E-state index < -0.39 is 17.8 Å². The maximum atomic E-state index is 11.6. The third kappa shape index (κ3) is 5.80. The van der Waals surface area contributed by atoms with Crippen molar-refractivity contribution in [1.29, 1.82) is 0 Å². The van der Waals surface area contributed by atoms with Gasteiger partial charge in [-0.1, -0.05) is 60.7 Å². The fourth-order valence-corrected chi connectivity index (χ4v) is 5.34. The van der Waals surface area contributed by atoms with Gasteiger partial charge in [0.2, 0.25) is 0 Å². The Labute approximate surface area is 181 Å². The molecule has 0 saturated heterocycles. The van der Waals surface area contributed by atoms with Crippen molar-refractivity contribution in [3.8, 4) is 0 Å². The van der Waals surface area contributed by atoms with Crippen LogP contribution in [0.1, 0.15) is 11.1 Å². The second-order valence-electron chi connectivity index (χ2n) is 6.89. The minimum absolute atomic E-state index is 0.0833. The van der Waals surface area contributed by atoms with Crippen molar-refractivity contribution in [2.45, 2.75) is 35.6 Å². The summed E-state index contributed by atoms with van der Waals surface area (Å²) >= 11 is 3.22. The second-order valence-corrected chi connectivity index (χ2v) is 9.07. The van der Waals surface area contributed by atoms with Crippen molar-refractivity contribution < 1.29 is 19.3 Å². The van der Waals surface area contributed by atoms with E-state index >= 15 is 0 Å². The highest BCUT2D eigenvalue weighted by atomic mass is 32.2. The Morgan fingerprint density at radius 2 is 1.55 bits per heavy atom. The zero-order chi connectivity index (χ0) is 20.5. The minimum Gasteiger partial charge on any atom is -0.493 e. The van der Waals surface area contributed by atoms with Crippen LogP contribution in [-0.2, 0) is 27.4 Å². The summed E-state index contributed by atoms with van der Waals surface area (Å²) in [6.07, 6.45) is 6.34. The van der Waals surface area contributed by atoms with Crippen LogP contribution in [0.25, 0.3) is 0 Å². The summed E-state index contributed by atoms with van der Waals surface area (Å²) in [5.41, 5.74) is 0.993. The number of benzene rings is 2. The van der Waals surface area contributed by atoms with Crippen molar-refractivity contribution in [2.24, 2.45) is 0 Å². The van der Waals surface area contributed by atoms with Crippen LogP contribution < -0.4 is 0 Å². The third-order valence-electron chi connectivity index (χ3n) is 4.85. The minimum atomic E-state index is -1.16. The van der Waals surface area contributed by atoms with Crippen LogP contribution in [0.3, 0.4) is 0 Å². The van der Waals surface area contributed by atoms with E-state index in [9.17, 15) is 5.11 Å². The number of hydrogen-bond acceptors (Lipinski definition) is 6. The van der Waals surface area contributed by atoms with Gasteiger partial charge in [-0.15, -0.1) is 23.5 Å². The lowest BCUT2D eigenvalue weighted by atomic mass is 9.92. The summed E-state index contributed by atoms with van der Waals surface area (Å²) in [7, 11) is 0. The van der Waals surface area contributed by atoms with Gasteiger partial charge in [0.25, 0.3) is 0 Å². The topological polar surface area (TPSA) is 47.9 Å². The fourth-order valence-electron chi connectivity index (χ4n) is 3.39. The molecule has 0 spiro atoms. The molecule has 0 unspecified atom stereocenters. The molecular formula is C23H28O4S2. The Hall–Kier alpha value is -1.44. The second kappa shape index (κ2) is 11.1. The molecule has 2 aromatic carbocycles. The molecule has 1 aliphatic rings. The lowest BCUT2D eigenvalue weighted by molar-refractivity contribution is -0.164. The van der Waals surface area contributed by atoms with Gasteiger partial charge >= 0.3 is 0 Å². The fraction of sp³-hybridized carbons (Fsp3) is 0.391. The number of aliphatic hydroxyl groups is 1. The molecule has 4 nitrogen and oxygen atoms in total. The van der Waals surface area contributed by atoms with Crippen molar-refractivity contribution in [2.75, 3.05) is 19.1 Å². The first-order valence-electron chi connectivity index (χ1n) is 9.55. The van der Waals surface area contributed by atoms with Gasteiger partial charge in [-0.3, -0.25) is 0 Å². The van der Waals surface area contributed by atoms with Gasteiger partial charge in [-0.25, -0.2) is 0 Å². The van der Waals surface area contributed by atoms with Gasteiger partial charge in [0, 0.05) is 0 Å². The van der Waals surface area contributed by atoms with Crippen LogP contribution in [0.5, 0.6) is 0 Å². The maximum Gasteiger partial charge on any atom is 0.150 e. The lowest BCUT2D eigenvalue weighted by Crippen LogP contribution is -2.58. The Morgan fingerprint density at radius 1 is 0.966 bits per heavy atom. The normalized spacial score (nSPS) is 23.9.